The van der Waals surface area contributed by atoms with Crippen LogP contribution in [0.1, 0.15) is 40.2 Å². The van der Waals surface area contributed by atoms with Gasteiger partial charge in [-0.2, -0.15) is 13.2 Å². The summed E-state index contributed by atoms with van der Waals surface area (Å²) in [5, 5.41) is 0. The third-order valence-electron chi connectivity index (χ3n) is 4.38. The summed E-state index contributed by atoms with van der Waals surface area (Å²) < 4.78 is 37.6. The molecule has 4 nitrogen and oxygen atoms in total. The Hall–Kier alpha value is -2.44. The Balaban J connectivity index is 1.73. The van der Waals surface area contributed by atoms with Crippen LogP contribution in [0, 0.1) is 6.92 Å². The normalized spacial score (nSPS) is 17.8. The van der Waals surface area contributed by atoms with Crippen LogP contribution in [0.2, 0.25) is 0 Å². The maximum Gasteiger partial charge on any atom is 0.451 e. The summed E-state index contributed by atoms with van der Waals surface area (Å²) in [6, 6.07) is 8.17. The minimum absolute atomic E-state index is 0.0394. The SMILES string of the molecule is Cc1ccc(CC2CCCN2C(=O)c2cnc(C(F)(F)F)nc2)cc1. The summed E-state index contributed by atoms with van der Waals surface area (Å²) in [7, 11) is 0. The Morgan fingerprint density at radius 3 is 2.44 bits per heavy atom. The van der Waals surface area contributed by atoms with Gasteiger partial charge >= 0.3 is 6.18 Å². The third-order valence-corrected chi connectivity index (χ3v) is 4.38. The Morgan fingerprint density at radius 1 is 1.20 bits per heavy atom. The van der Waals surface area contributed by atoms with E-state index in [4.69, 9.17) is 0 Å². The van der Waals surface area contributed by atoms with E-state index >= 15 is 0 Å². The molecule has 1 aromatic carbocycles. The molecule has 132 valence electrons. The fourth-order valence-corrected chi connectivity index (χ4v) is 3.06. The Morgan fingerprint density at radius 2 is 1.84 bits per heavy atom. The molecule has 1 amide bonds. The van der Waals surface area contributed by atoms with Crippen LogP contribution in [-0.2, 0) is 12.6 Å². The lowest BCUT2D eigenvalue weighted by Gasteiger charge is -2.25. The molecule has 2 aromatic rings. The molecule has 1 aliphatic rings. The number of carbonyl (C=O) groups is 1. The zero-order valence-corrected chi connectivity index (χ0v) is 13.8. The minimum Gasteiger partial charge on any atom is -0.335 e. The first-order chi connectivity index (χ1) is 11.8. The maximum atomic E-state index is 12.6. The van der Waals surface area contributed by atoms with Gasteiger partial charge in [0.05, 0.1) is 5.56 Å². The van der Waals surface area contributed by atoms with Crippen molar-refractivity contribution in [1.29, 1.82) is 0 Å². The molecule has 1 aliphatic heterocycles. The molecule has 1 aromatic heterocycles. The van der Waals surface area contributed by atoms with Gasteiger partial charge in [-0.15, -0.1) is 0 Å². The molecule has 0 radical (unpaired) electrons. The van der Waals surface area contributed by atoms with Crippen molar-refractivity contribution in [2.45, 2.75) is 38.4 Å². The monoisotopic (exact) mass is 349 g/mol. The average Bonchev–Trinajstić information content (AvgIpc) is 3.04. The van der Waals surface area contributed by atoms with Crippen LogP contribution in [0.5, 0.6) is 0 Å². The molecule has 1 atom stereocenters. The second-order valence-corrected chi connectivity index (χ2v) is 6.28. The van der Waals surface area contributed by atoms with Crippen molar-refractivity contribution in [2.75, 3.05) is 6.54 Å². The smallest absolute Gasteiger partial charge is 0.335 e. The van der Waals surface area contributed by atoms with Crippen LogP contribution in [0.3, 0.4) is 0 Å². The fraction of sp³-hybridized carbons (Fsp3) is 0.389. The summed E-state index contributed by atoms with van der Waals surface area (Å²) in [5.41, 5.74) is 2.40. The highest BCUT2D eigenvalue weighted by atomic mass is 19.4. The van der Waals surface area contributed by atoms with Gasteiger partial charge in [0, 0.05) is 25.0 Å². The van der Waals surface area contributed by atoms with Crippen LogP contribution in [-0.4, -0.2) is 33.4 Å². The second-order valence-electron chi connectivity index (χ2n) is 6.28. The molecular formula is C18H18F3N3O. The lowest BCUT2D eigenvalue weighted by molar-refractivity contribution is -0.145. The van der Waals surface area contributed by atoms with Crippen molar-refractivity contribution in [3.8, 4) is 0 Å². The number of halogens is 3. The number of hydrogen-bond donors (Lipinski definition) is 0. The molecule has 25 heavy (non-hydrogen) atoms. The van der Waals surface area contributed by atoms with Crippen LogP contribution in [0.15, 0.2) is 36.7 Å². The van der Waals surface area contributed by atoms with Gasteiger partial charge in [0.1, 0.15) is 0 Å². The molecule has 0 N–H and O–H groups in total. The van der Waals surface area contributed by atoms with Crippen molar-refractivity contribution < 1.29 is 18.0 Å². The van der Waals surface area contributed by atoms with Crippen molar-refractivity contribution in [3.63, 3.8) is 0 Å². The Labute approximate surface area is 143 Å². The van der Waals surface area contributed by atoms with Crippen LogP contribution >= 0.6 is 0 Å². The first-order valence-corrected chi connectivity index (χ1v) is 8.10. The fourth-order valence-electron chi connectivity index (χ4n) is 3.06. The predicted octanol–water partition coefficient (Wildman–Crippen LogP) is 3.65. The lowest BCUT2D eigenvalue weighted by atomic mass is 10.0. The molecule has 7 heteroatoms. The zero-order valence-electron chi connectivity index (χ0n) is 13.8. The van der Waals surface area contributed by atoms with E-state index < -0.39 is 12.0 Å². The molecule has 0 aliphatic carbocycles. The first-order valence-electron chi connectivity index (χ1n) is 8.10. The maximum absolute atomic E-state index is 12.6. The molecular weight excluding hydrogens is 331 g/mol. The van der Waals surface area contributed by atoms with E-state index in [1.165, 1.54) is 5.56 Å². The van der Waals surface area contributed by atoms with Gasteiger partial charge in [-0.05, 0) is 31.7 Å². The Kier molecular flexibility index (Phi) is 4.74. The number of carbonyl (C=O) groups excluding carboxylic acids is 1. The molecule has 1 fully saturated rings. The van der Waals surface area contributed by atoms with Crippen molar-refractivity contribution >= 4 is 5.91 Å². The summed E-state index contributed by atoms with van der Waals surface area (Å²) in [6.07, 6.45) is -0.208. The van der Waals surface area contributed by atoms with E-state index in [0.717, 1.165) is 37.2 Å². The van der Waals surface area contributed by atoms with Crippen LogP contribution < -0.4 is 0 Å². The number of rotatable bonds is 3. The summed E-state index contributed by atoms with van der Waals surface area (Å²) in [5.74, 6) is -1.55. The van der Waals surface area contributed by atoms with Crippen molar-refractivity contribution in [1.82, 2.24) is 14.9 Å². The van der Waals surface area contributed by atoms with Crippen molar-refractivity contribution in [3.05, 3.63) is 59.2 Å². The summed E-state index contributed by atoms with van der Waals surface area (Å²) in [6.45, 7) is 2.61. The topological polar surface area (TPSA) is 46.1 Å². The van der Waals surface area contributed by atoms with Gasteiger partial charge in [-0.3, -0.25) is 4.79 Å². The van der Waals surface area contributed by atoms with Gasteiger partial charge in [-0.25, -0.2) is 9.97 Å². The average molecular weight is 349 g/mol. The molecule has 1 saturated heterocycles. The van der Waals surface area contributed by atoms with E-state index in [-0.39, 0.29) is 17.5 Å². The number of likely N-dealkylation sites (tertiary alicyclic amines) is 1. The van der Waals surface area contributed by atoms with Crippen LogP contribution in [0.25, 0.3) is 0 Å². The molecule has 0 bridgehead atoms. The minimum atomic E-state index is -4.61. The molecule has 0 saturated carbocycles. The number of amides is 1. The number of alkyl halides is 3. The number of aryl methyl sites for hydroxylation is 1. The summed E-state index contributed by atoms with van der Waals surface area (Å²) in [4.78, 5) is 20.9. The molecule has 1 unspecified atom stereocenters. The number of benzene rings is 1. The number of hydrogen-bond acceptors (Lipinski definition) is 3. The second kappa shape index (κ2) is 6.82. The molecule has 0 spiro atoms. The lowest BCUT2D eigenvalue weighted by Crippen LogP contribution is -2.37. The van der Waals surface area contributed by atoms with E-state index in [0.29, 0.717) is 6.54 Å². The number of aromatic nitrogens is 2. The van der Waals surface area contributed by atoms with Crippen LogP contribution in [0.4, 0.5) is 13.2 Å². The zero-order chi connectivity index (χ0) is 18.0. The highest BCUT2D eigenvalue weighted by Crippen LogP contribution is 2.26. The third kappa shape index (κ3) is 3.97. The largest absolute Gasteiger partial charge is 0.451 e. The predicted molar refractivity (Wildman–Crippen MR) is 86.0 cm³/mol. The Bertz CT molecular complexity index is 742. The quantitative estimate of drug-likeness (QED) is 0.850. The van der Waals surface area contributed by atoms with E-state index in [9.17, 15) is 18.0 Å². The van der Waals surface area contributed by atoms with Gasteiger partial charge in [-0.1, -0.05) is 29.8 Å². The standard InChI is InChI=1S/C18H18F3N3O/c1-12-4-6-13(7-5-12)9-15-3-2-8-24(15)16(25)14-10-22-17(23-11-14)18(19,20)21/h4-7,10-11,15H,2-3,8-9H2,1H3. The highest BCUT2D eigenvalue weighted by Gasteiger charge is 2.35. The van der Waals surface area contributed by atoms with E-state index in [1.54, 1.807) is 4.90 Å². The van der Waals surface area contributed by atoms with E-state index in [1.807, 2.05) is 31.2 Å². The number of nitrogens with zero attached hydrogens (tertiary/aromatic N) is 3. The highest BCUT2D eigenvalue weighted by molar-refractivity contribution is 5.94. The molecule has 3 rings (SSSR count). The van der Waals surface area contributed by atoms with Gasteiger partial charge in [0.15, 0.2) is 0 Å². The van der Waals surface area contributed by atoms with E-state index in [2.05, 4.69) is 9.97 Å². The summed E-state index contributed by atoms with van der Waals surface area (Å²) >= 11 is 0. The van der Waals surface area contributed by atoms with Gasteiger partial charge in [0.25, 0.3) is 5.91 Å². The van der Waals surface area contributed by atoms with Crippen molar-refractivity contribution in [2.24, 2.45) is 0 Å². The van der Waals surface area contributed by atoms with Gasteiger partial charge in [0.2, 0.25) is 5.82 Å². The van der Waals surface area contributed by atoms with Gasteiger partial charge < -0.3 is 4.90 Å². The first kappa shape index (κ1) is 17.4. The molecule has 2 heterocycles.